The lowest BCUT2D eigenvalue weighted by Crippen LogP contribution is -2.09. The molecule has 0 unspecified atom stereocenters. The van der Waals surface area contributed by atoms with Gasteiger partial charge in [-0.2, -0.15) is 0 Å². The molecular weight excluding hydrogens is 687 g/mol. The van der Waals surface area contributed by atoms with E-state index in [0.717, 1.165) is 17.1 Å². The van der Waals surface area contributed by atoms with Crippen LogP contribution in [0.4, 0.5) is 17.1 Å². The van der Waals surface area contributed by atoms with Gasteiger partial charge in [0.1, 0.15) is 0 Å². The van der Waals surface area contributed by atoms with Gasteiger partial charge >= 0.3 is 0 Å². The molecule has 10 aromatic rings. The maximum Gasteiger partial charge on any atom is 0.0462 e. The van der Waals surface area contributed by atoms with Gasteiger partial charge < -0.3 is 4.90 Å². The molecule has 268 valence electrons. The molecule has 1 nitrogen and oxygen atoms in total. The molecule has 0 saturated heterocycles. The molecule has 0 bridgehead atoms. The standard InChI is InChI=1S/C56H39N/c1-4-16-41(17-5-1)49-39-36-42(48-22-10-11-23-50(48)49)31-28-40-29-32-43(33-30-40)55-51-24-12-14-26-53(51)56(54-27-15-13-25-52(54)55)44-34-37-47(38-35-44)57(45-18-6-2-7-19-45)46-20-8-3-9-21-46/h1-39H/b31-28+. The van der Waals surface area contributed by atoms with E-state index in [0.29, 0.717) is 0 Å². The first-order valence-corrected chi connectivity index (χ1v) is 19.6. The molecule has 57 heavy (non-hydrogen) atoms. The predicted octanol–water partition coefficient (Wildman–Crippen LogP) is 15.8. The molecule has 0 aliphatic heterocycles. The molecule has 0 aliphatic rings. The Morgan fingerprint density at radius 1 is 0.263 bits per heavy atom. The maximum absolute atomic E-state index is 2.31. The van der Waals surface area contributed by atoms with Gasteiger partial charge in [0.25, 0.3) is 0 Å². The third-order valence-electron chi connectivity index (χ3n) is 11.1. The second-order valence-electron chi connectivity index (χ2n) is 14.5. The molecule has 0 atom stereocenters. The van der Waals surface area contributed by atoms with E-state index in [1.807, 2.05) is 0 Å². The molecule has 0 amide bonds. The van der Waals surface area contributed by atoms with Crippen LogP contribution in [0.3, 0.4) is 0 Å². The van der Waals surface area contributed by atoms with Crippen molar-refractivity contribution < 1.29 is 0 Å². The number of nitrogens with zero attached hydrogens (tertiary/aromatic N) is 1. The number of anilines is 3. The van der Waals surface area contributed by atoms with E-state index in [4.69, 9.17) is 0 Å². The zero-order valence-corrected chi connectivity index (χ0v) is 31.5. The molecule has 0 spiro atoms. The highest BCUT2D eigenvalue weighted by molar-refractivity contribution is 6.21. The summed E-state index contributed by atoms with van der Waals surface area (Å²) in [6.45, 7) is 0. The van der Waals surface area contributed by atoms with E-state index in [1.54, 1.807) is 0 Å². The Morgan fingerprint density at radius 3 is 1.18 bits per heavy atom. The minimum atomic E-state index is 1.12. The zero-order valence-electron chi connectivity index (χ0n) is 31.5. The summed E-state index contributed by atoms with van der Waals surface area (Å²) in [5.41, 5.74) is 13.2. The fourth-order valence-corrected chi connectivity index (χ4v) is 8.41. The summed E-state index contributed by atoms with van der Waals surface area (Å²) in [5, 5.41) is 7.51. The van der Waals surface area contributed by atoms with Crippen LogP contribution in [0.2, 0.25) is 0 Å². The van der Waals surface area contributed by atoms with Crippen LogP contribution in [0, 0.1) is 0 Å². The minimum Gasteiger partial charge on any atom is -0.311 e. The highest BCUT2D eigenvalue weighted by Gasteiger charge is 2.18. The number of rotatable bonds is 8. The molecule has 0 N–H and O–H groups in total. The molecule has 0 aromatic heterocycles. The van der Waals surface area contributed by atoms with Crippen molar-refractivity contribution in [3.63, 3.8) is 0 Å². The summed E-state index contributed by atoms with van der Waals surface area (Å²) in [7, 11) is 0. The molecule has 0 fully saturated rings. The van der Waals surface area contributed by atoms with Gasteiger partial charge in [0.05, 0.1) is 0 Å². The van der Waals surface area contributed by atoms with E-state index in [9.17, 15) is 0 Å². The Labute approximate surface area is 334 Å². The van der Waals surface area contributed by atoms with E-state index in [-0.39, 0.29) is 0 Å². The molecule has 0 heterocycles. The lowest BCUT2D eigenvalue weighted by molar-refractivity contribution is 1.28. The van der Waals surface area contributed by atoms with Crippen LogP contribution in [-0.2, 0) is 0 Å². The first-order valence-electron chi connectivity index (χ1n) is 19.6. The Morgan fingerprint density at radius 2 is 0.667 bits per heavy atom. The van der Waals surface area contributed by atoms with E-state index < -0.39 is 0 Å². The second-order valence-corrected chi connectivity index (χ2v) is 14.5. The van der Waals surface area contributed by atoms with Crippen molar-refractivity contribution in [1.29, 1.82) is 0 Å². The van der Waals surface area contributed by atoms with Crippen LogP contribution in [0.15, 0.2) is 224 Å². The smallest absolute Gasteiger partial charge is 0.0462 e. The average molecular weight is 726 g/mol. The Balaban J connectivity index is 1.02. The predicted molar refractivity (Wildman–Crippen MR) is 245 cm³/mol. The number of para-hydroxylation sites is 2. The van der Waals surface area contributed by atoms with E-state index >= 15 is 0 Å². The fraction of sp³-hybridized carbons (Fsp3) is 0. The van der Waals surface area contributed by atoms with Crippen molar-refractivity contribution in [1.82, 2.24) is 0 Å². The maximum atomic E-state index is 2.31. The first kappa shape index (κ1) is 34.0. The van der Waals surface area contributed by atoms with Crippen molar-refractivity contribution >= 4 is 61.5 Å². The third-order valence-corrected chi connectivity index (χ3v) is 11.1. The van der Waals surface area contributed by atoms with Gasteiger partial charge in [-0.25, -0.2) is 0 Å². The number of hydrogen-bond acceptors (Lipinski definition) is 1. The average Bonchev–Trinajstić information content (AvgIpc) is 3.29. The summed E-state index contributed by atoms with van der Waals surface area (Å²) < 4.78 is 0. The highest BCUT2D eigenvalue weighted by Crippen LogP contribution is 2.44. The zero-order chi connectivity index (χ0) is 38.0. The van der Waals surface area contributed by atoms with Crippen LogP contribution < -0.4 is 4.90 Å². The topological polar surface area (TPSA) is 3.24 Å². The van der Waals surface area contributed by atoms with Gasteiger partial charge in [0.15, 0.2) is 0 Å². The van der Waals surface area contributed by atoms with Crippen molar-refractivity contribution in [2.75, 3.05) is 4.90 Å². The number of hydrogen-bond donors (Lipinski definition) is 0. The van der Waals surface area contributed by atoms with Crippen LogP contribution >= 0.6 is 0 Å². The van der Waals surface area contributed by atoms with Crippen LogP contribution in [0.1, 0.15) is 11.1 Å². The third kappa shape index (κ3) is 6.46. The first-order chi connectivity index (χ1) is 28.3. The van der Waals surface area contributed by atoms with Crippen LogP contribution in [-0.4, -0.2) is 0 Å². The highest BCUT2D eigenvalue weighted by atomic mass is 15.1. The summed E-state index contributed by atoms with van der Waals surface area (Å²) in [6, 6.07) is 80.9. The normalized spacial score (nSPS) is 11.4. The van der Waals surface area contributed by atoms with Crippen molar-refractivity contribution in [3.05, 3.63) is 236 Å². The monoisotopic (exact) mass is 725 g/mol. The van der Waals surface area contributed by atoms with E-state index in [1.165, 1.54) is 76.8 Å². The molecule has 0 radical (unpaired) electrons. The van der Waals surface area contributed by atoms with Gasteiger partial charge in [-0.15, -0.1) is 0 Å². The minimum absolute atomic E-state index is 1.12. The van der Waals surface area contributed by atoms with Crippen molar-refractivity contribution in [2.45, 2.75) is 0 Å². The number of fused-ring (bicyclic) bond motifs is 3. The van der Waals surface area contributed by atoms with Crippen LogP contribution in [0.5, 0.6) is 0 Å². The summed E-state index contributed by atoms with van der Waals surface area (Å²) in [5.74, 6) is 0. The Kier molecular flexibility index (Phi) is 8.95. The summed E-state index contributed by atoms with van der Waals surface area (Å²) in [6.07, 6.45) is 4.48. The molecule has 10 aromatic carbocycles. The SMILES string of the molecule is C(=C\c1ccc(-c2ccccc2)c2ccccc12)/c1ccc(-c2c3ccccc3c(-c3ccc(N(c4ccccc4)c4ccccc4)cc3)c3ccccc23)cc1. The van der Waals surface area contributed by atoms with Gasteiger partial charge in [-0.3, -0.25) is 0 Å². The van der Waals surface area contributed by atoms with Crippen molar-refractivity contribution in [2.24, 2.45) is 0 Å². The quantitative estimate of drug-likeness (QED) is 0.111. The van der Waals surface area contributed by atoms with E-state index in [2.05, 4.69) is 242 Å². The summed E-state index contributed by atoms with van der Waals surface area (Å²) >= 11 is 0. The van der Waals surface area contributed by atoms with Gasteiger partial charge in [0, 0.05) is 17.1 Å². The Bertz CT molecular complexity index is 2920. The van der Waals surface area contributed by atoms with Gasteiger partial charge in [-0.1, -0.05) is 200 Å². The van der Waals surface area contributed by atoms with Gasteiger partial charge in [0.2, 0.25) is 0 Å². The summed E-state index contributed by atoms with van der Waals surface area (Å²) in [4.78, 5) is 2.31. The Hall–Kier alpha value is -7.48. The molecular formula is C56H39N. The molecule has 0 aliphatic carbocycles. The van der Waals surface area contributed by atoms with Crippen molar-refractivity contribution in [3.8, 4) is 33.4 Å². The lowest BCUT2D eigenvalue weighted by atomic mass is 9.86. The molecule has 1 heteroatoms. The lowest BCUT2D eigenvalue weighted by Gasteiger charge is -2.25. The molecule has 10 rings (SSSR count). The second kappa shape index (κ2) is 15.0. The van der Waals surface area contributed by atoms with Crippen LogP contribution in [0.25, 0.3) is 77.9 Å². The fourth-order valence-electron chi connectivity index (χ4n) is 8.41. The van der Waals surface area contributed by atoms with Gasteiger partial charge in [-0.05, 0) is 113 Å². The molecule has 0 saturated carbocycles. The number of benzene rings is 10. The largest absolute Gasteiger partial charge is 0.311 e.